The van der Waals surface area contributed by atoms with E-state index in [2.05, 4.69) is 262 Å². The lowest BCUT2D eigenvalue weighted by Gasteiger charge is -2.43. The van der Waals surface area contributed by atoms with Crippen LogP contribution in [0.4, 0.5) is 17.1 Å². The number of nitrogens with zero attached hydrogens (tertiary/aromatic N) is 3. The fourth-order valence-electron chi connectivity index (χ4n) is 18.5. The van der Waals surface area contributed by atoms with Crippen LogP contribution in [-0.2, 0) is 16.2 Å². The number of para-hydroxylation sites is 5. The second-order valence-corrected chi connectivity index (χ2v) is 30.4. The molecule has 0 amide bonds. The van der Waals surface area contributed by atoms with E-state index in [9.17, 15) is 13.7 Å². The number of rotatable bonds is 9. The van der Waals surface area contributed by atoms with Crippen LogP contribution in [0.5, 0.6) is 0 Å². The van der Waals surface area contributed by atoms with E-state index in [0.29, 0.717) is 17.1 Å². The average molecular weight is 1400 g/mol. The van der Waals surface area contributed by atoms with Gasteiger partial charge in [0.1, 0.15) is 0 Å². The van der Waals surface area contributed by atoms with Gasteiger partial charge in [-0.1, -0.05) is 335 Å². The predicted molar refractivity (Wildman–Crippen MR) is 449 cm³/mol. The van der Waals surface area contributed by atoms with Crippen molar-refractivity contribution >= 4 is 95.5 Å². The molecule has 3 nitrogen and oxygen atoms in total. The van der Waals surface area contributed by atoms with E-state index < -0.39 is 120 Å². The summed E-state index contributed by atoms with van der Waals surface area (Å²) in [6.45, 7) is 5.88. The molecular weight excluding hydrogens is 1310 g/mol. The van der Waals surface area contributed by atoms with E-state index >= 15 is 0 Å². The van der Waals surface area contributed by atoms with Crippen LogP contribution in [0, 0.1) is 0 Å². The summed E-state index contributed by atoms with van der Waals surface area (Å²) >= 11 is 1.53. The molecule has 2 aromatic heterocycles. The highest BCUT2D eigenvalue weighted by atomic mass is 32.2. The first kappa shape index (κ1) is 47.6. The zero-order valence-electron chi connectivity index (χ0n) is 74.3. The molecule has 502 valence electrons. The van der Waals surface area contributed by atoms with Gasteiger partial charge in [-0.15, -0.1) is 0 Å². The maximum absolute atomic E-state index is 9.95. The molecule has 22 rings (SSSR count). The first-order chi connectivity index (χ1) is 59.4. The zero-order chi connectivity index (χ0) is 84.8. The fraction of sp³-hybridized carbons (Fsp3) is 0.0588. The maximum atomic E-state index is 9.95. The zero-order valence-corrected chi connectivity index (χ0v) is 59.1. The van der Waals surface area contributed by atoms with E-state index in [-0.39, 0.29) is 43.6 Å². The summed E-state index contributed by atoms with van der Waals surface area (Å²) in [5, 5.41) is -0.226. The normalized spacial score (nSPS) is 16.1. The number of anilines is 3. The Bertz CT molecular complexity index is 7310. The summed E-state index contributed by atoms with van der Waals surface area (Å²) in [7, 11) is 0. The van der Waals surface area contributed by atoms with E-state index in [4.69, 9.17) is 8.22 Å². The molecule has 0 saturated heterocycles. The number of aromatic nitrogens is 2. The van der Waals surface area contributed by atoms with Crippen molar-refractivity contribution in [2.75, 3.05) is 4.90 Å². The van der Waals surface area contributed by atoms with Gasteiger partial charge in [-0.3, -0.25) is 0 Å². The molecule has 0 atom stereocenters. The molecule has 0 fully saturated rings. The van der Waals surface area contributed by atoms with Gasteiger partial charge >= 0.3 is 0 Å². The van der Waals surface area contributed by atoms with Crippen LogP contribution >= 0.6 is 11.8 Å². The van der Waals surface area contributed by atoms with Gasteiger partial charge in [-0.2, -0.15) is 0 Å². The van der Waals surface area contributed by atoms with Gasteiger partial charge in [0, 0.05) is 65.2 Å². The number of hydrogen-bond donors (Lipinski definition) is 0. The van der Waals surface area contributed by atoms with Crippen LogP contribution in [0.15, 0.2) is 379 Å². The molecule has 4 aliphatic rings. The number of hydrogen-bond acceptors (Lipinski definition) is 2. The highest BCUT2D eigenvalue weighted by molar-refractivity contribution is 8.00. The summed E-state index contributed by atoms with van der Waals surface area (Å²) < 4.78 is 153. The third kappa shape index (κ3) is 8.81. The van der Waals surface area contributed by atoms with Gasteiger partial charge in [0.25, 0.3) is 0 Å². The van der Waals surface area contributed by atoms with Gasteiger partial charge in [0.15, 0.2) is 0 Å². The first-order valence-electron chi connectivity index (χ1n) is 44.2. The van der Waals surface area contributed by atoms with E-state index in [1.807, 2.05) is 36.4 Å². The molecule has 0 N–H and O–H groups in total. The molecule has 0 radical (unpaired) electrons. The fourth-order valence-corrected chi connectivity index (χ4v) is 19.7. The molecule has 0 saturated carbocycles. The van der Waals surface area contributed by atoms with Crippen LogP contribution < -0.4 is 21.3 Å². The molecule has 5 heteroatoms. The standard InChI is InChI=1S/C102H70BN3S/c1-100(2,3)71-61-95-98-97(62-71)107-96-64-73(105-92-49-26-20-41-82(92)83-42-21-27-50-93(83)105)54-58-89(96)103(98)88-57-53-72(104-90-47-24-18-39-80(90)81-40-19-25-48-91(81)104)63-94(88)106(95)99-74(65-51-55-78-76-37-16-22-45-84(76)101(86(78)59-65,67-29-8-4-9-30-67)68-31-10-5-11-32-68)43-28-44-75(99)66-52-56-79-77-38-17-23-46-85(77)102(87(79)60-66,69-33-12-6-13-34-69)70-35-14-7-15-36-70/h4-64H,1-3H3/i18D,19D,20D,21D,24D,25D,26D,27D,39D,40D,41D,42D,47D,48D,49D,50D. The van der Waals surface area contributed by atoms with Crippen molar-refractivity contribution in [1.82, 2.24) is 9.13 Å². The van der Waals surface area contributed by atoms with Crippen molar-refractivity contribution in [3.05, 3.63) is 420 Å². The molecule has 107 heavy (non-hydrogen) atoms. The third-order valence-corrected chi connectivity index (χ3v) is 24.1. The van der Waals surface area contributed by atoms with Crippen LogP contribution in [0.25, 0.3) is 99.5 Å². The van der Waals surface area contributed by atoms with Gasteiger partial charge in [0.05, 0.1) is 60.5 Å². The summed E-state index contributed by atoms with van der Waals surface area (Å²) in [4.78, 5) is 3.98. The SMILES string of the molecule is [2H]c1c([2H])c([2H])c2c(c1[2H])c1c([2H])c([2H])c([2H])c([2H])c1n2-c1ccc2c(c1)Sc1cc(C(C)(C)C)cc3c1B2c1ccc(-n2c4c([2H])c([2H])c([2H])c([2H])c4c4c([2H])c([2H])c([2H])c([2H])c42)cc1N3c1c(-c2ccc3c(c2)C(c2ccccc2)(c2ccccc2)c2ccccc2-3)cccc1-c1ccc2c(c1)C(c1ccccc1)(c1ccccc1)c1ccccc1-2. The van der Waals surface area contributed by atoms with E-state index in [0.717, 1.165) is 132 Å². The van der Waals surface area contributed by atoms with Crippen molar-refractivity contribution in [1.29, 1.82) is 0 Å². The Balaban J connectivity index is 0.888. The van der Waals surface area contributed by atoms with Crippen molar-refractivity contribution in [2.45, 2.75) is 46.8 Å². The monoisotopic (exact) mass is 1400 g/mol. The third-order valence-electron chi connectivity index (χ3n) is 23.0. The van der Waals surface area contributed by atoms with Gasteiger partial charge < -0.3 is 14.0 Å². The van der Waals surface area contributed by atoms with Crippen molar-refractivity contribution < 1.29 is 21.9 Å². The molecule has 0 unspecified atom stereocenters. The lowest BCUT2D eigenvalue weighted by molar-refractivity contribution is 0.589. The molecule has 18 aromatic rings. The quantitative estimate of drug-likeness (QED) is 0.134. The minimum Gasteiger partial charge on any atom is -0.310 e. The maximum Gasteiger partial charge on any atom is 0.249 e. The Morgan fingerprint density at radius 1 is 0.327 bits per heavy atom. The predicted octanol–water partition coefficient (Wildman–Crippen LogP) is 24.0. The second kappa shape index (κ2) is 23.4. The number of fused-ring (bicyclic) bond motifs is 16. The molecule has 4 heterocycles. The molecule has 2 aliphatic heterocycles. The smallest absolute Gasteiger partial charge is 0.249 e. The molecule has 2 aliphatic carbocycles. The molecule has 0 spiro atoms. The van der Waals surface area contributed by atoms with Gasteiger partial charge in [-0.05, 0) is 172 Å². The summed E-state index contributed by atoms with van der Waals surface area (Å²) in [5.41, 5.74) is 20.5. The molecule has 0 bridgehead atoms. The van der Waals surface area contributed by atoms with Crippen LogP contribution in [0.3, 0.4) is 0 Å². The summed E-state index contributed by atoms with van der Waals surface area (Å²) in [6.07, 6.45) is 0. The number of benzene rings is 16. The Labute approximate surface area is 650 Å². The van der Waals surface area contributed by atoms with Crippen molar-refractivity contribution in [3.8, 4) is 55.9 Å². The Morgan fingerprint density at radius 3 is 1.17 bits per heavy atom. The van der Waals surface area contributed by atoms with E-state index in [1.165, 1.54) is 11.8 Å². The molecule has 16 aromatic carbocycles. The van der Waals surface area contributed by atoms with Crippen LogP contribution in [0.1, 0.15) is 92.8 Å². The second-order valence-electron chi connectivity index (χ2n) is 29.3. The lowest BCUT2D eigenvalue weighted by atomic mass is 9.34. The summed E-state index contributed by atoms with van der Waals surface area (Å²) in [5.74, 6) is 0. The Morgan fingerprint density at radius 2 is 0.720 bits per heavy atom. The average Bonchev–Trinajstić information content (AvgIpc) is 1.31. The van der Waals surface area contributed by atoms with Crippen molar-refractivity contribution in [2.24, 2.45) is 0 Å². The first-order valence-corrected chi connectivity index (χ1v) is 37.0. The minimum atomic E-state index is -0.831. The minimum absolute atomic E-state index is 0.0145. The Hall–Kier alpha value is -12.7. The molecular formula is C102H70BN3S. The van der Waals surface area contributed by atoms with Crippen LogP contribution in [-0.4, -0.2) is 15.8 Å². The van der Waals surface area contributed by atoms with Gasteiger partial charge in [0.2, 0.25) is 6.71 Å². The highest BCUT2D eigenvalue weighted by Crippen LogP contribution is 2.61. The van der Waals surface area contributed by atoms with Gasteiger partial charge in [-0.25, -0.2) is 0 Å². The topological polar surface area (TPSA) is 13.1 Å². The van der Waals surface area contributed by atoms with E-state index in [1.54, 1.807) is 9.13 Å². The van der Waals surface area contributed by atoms with Crippen LogP contribution in [0.2, 0.25) is 0 Å². The summed E-state index contributed by atoms with van der Waals surface area (Å²) in [6, 6.07) is 88.9. The van der Waals surface area contributed by atoms with Crippen molar-refractivity contribution in [3.63, 3.8) is 0 Å². The Kier molecular flexibility index (Phi) is 10.4. The lowest BCUT2D eigenvalue weighted by Crippen LogP contribution is -2.60. The highest BCUT2D eigenvalue weighted by Gasteiger charge is 2.49. The largest absolute Gasteiger partial charge is 0.310 e.